The van der Waals surface area contributed by atoms with Gasteiger partial charge < -0.3 is 37.0 Å². The summed E-state index contributed by atoms with van der Waals surface area (Å²) in [6.07, 6.45) is 2.91. The molecule has 67 heavy (non-hydrogen) atoms. The van der Waals surface area contributed by atoms with Gasteiger partial charge in [0, 0.05) is 76.2 Å². The number of Topliss-reactive ketones (excluding diaryl/α,β-unsaturated/α-hetero) is 5. The van der Waals surface area contributed by atoms with Crippen LogP contribution in [0.5, 0.6) is 0 Å². The highest BCUT2D eigenvalue weighted by atomic mass is 16.4. The predicted octanol–water partition coefficient (Wildman–Crippen LogP) is 2.81. The third-order valence-corrected chi connectivity index (χ3v) is 12.3. The number of unbranched alkanes of at least 4 members (excludes halogenated alkanes) is 2. The first-order valence-corrected chi connectivity index (χ1v) is 24.1. The standard InChI is InChI=1S/C48H76N6O13/c1-7-8-9-11-31(48(66)67)25-41(59)37-12-10-21-54(37)45(63)20-16-38(56)30(6)51-47(65)32(22-28(2)3)24-34(55)27-50-46(64)33(23-29(4)5)26-40(58)36(13-17-42(49)60)53-44(62)19-15-39(57)35-14-18-43(61)52-35/h28-33,35-37H,7-27H2,1-6H3,(H2,49,60)(H,50,64)(H,51,65)(H,52,61)(H,53,62)(H,66,67)/t30-,31+,32+,33+,35-,36-,37-/m0/s1. The Morgan fingerprint density at radius 3 is 1.97 bits per heavy atom. The first kappa shape index (κ1) is 57.8. The lowest BCUT2D eigenvalue weighted by atomic mass is 9.88. The van der Waals surface area contributed by atoms with Gasteiger partial charge in [0.05, 0.1) is 36.6 Å². The number of nitrogens with one attached hydrogen (secondary N) is 4. The predicted molar refractivity (Wildman–Crippen MR) is 245 cm³/mol. The fourth-order valence-corrected chi connectivity index (χ4v) is 8.63. The molecule has 0 aliphatic carbocycles. The third kappa shape index (κ3) is 21.4. The Labute approximate surface area is 394 Å². The molecule has 7 atom stereocenters. The quantitative estimate of drug-likeness (QED) is 0.0507. The number of rotatable bonds is 34. The van der Waals surface area contributed by atoms with Crippen molar-refractivity contribution in [1.29, 1.82) is 0 Å². The van der Waals surface area contributed by atoms with Crippen molar-refractivity contribution in [2.45, 2.75) is 188 Å². The number of carboxylic acid groups (broad SMARTS) is 1. The molecule has 0 radical (unpaired) electrons. The fraction of sp³-hybridized carbons (Fsp3) is 0.750. The van der Waals surface area contributed by atoms with Crippen LogP contribution in [0.2, 0.25) is 0 Å². The minimum absolute atomic E-state index is 0.0279. The molecule has 2 saturated heterocycles. The molecule has 7 N–H and O–H groups in total. The maximum Gasteiger partial charge on any atom is 0.306 e. The summed E-state index contributed by atoms with van der Waals surface area (Å²) >= 11 is 0. The number of carboxylic acids is 1. The summed E-state index contributed by atoms with van der Waals surface area (Å²) in [6, 6.07) is -3.61. The summed E-state index contributed by atoms with van der Waals surface area (Å²) < 4.78 is 0. The van der Waals surface area contributed by atoms with Crippen LogP contribution in [-0.4, -0.2) is 118 Å². The molecule has 0 unspecified atom stereocenters. The van der Waals surface area contributed by atoms with Gasteiger partial charge in [-0.3, -0.25) is 57.5 Å². The van der Waals surface area contributed by atoms with Crippen LogP contribution in [-0.2, 0) is 57.5 Å². The summed E-state index contributed by atoms with van der Waals surface area (Å²) in [6.45, 7) is 10.8. The molecule has 6 amide bonds. The number of primary amides is 1. The first-order chi connectivity index (χ1) is 31.5. The van der Waals surface area contributed by atoms with Gasteiger partial charge in [-0.25, -0.2) is 0 Å². The average molecular weight is 945 g/mol. The molecule has 19 nitrogen and oxygen atoms in total. The highest BCUT2D eigenvalue weighted by Gasteiger charge is 2.37. The largest absolute Gasteiger partial charge is 0.481 e. The first-order valence-electron chi connectivity index (χ1n) is 24.1. The number of aliphatic carboxylic acids is 1. The van der Waals surface area contributed by atoms with Gasteiger partial charge in [0.15, 0.2) is 28.9 Å². The van der Waals surface area contributed by atoms with Gasteiger partial charge >= 0.3 is 5.97 Å². The zero-order chi connectivity index (χ0) is 50.4. The number of hydrogen-bond donors (Lipinski definition) is 6. The average Bonchev–Trinajstić information content (AvgIpc) is 3.93. The van der Waals surface area contributed by atoms with Gasteiger partial charge in [-0.1, -0.05) is 53.9 Å². The van der Waals surface area contributed by atoms with Crippen molar-refractivity contribution >= 4 is 70.3 Å². The molecule has 19 heteroatoms. The lowest BCUT2D eigenvalue weighted by Gasteiger charge is -2.25. The second kappa shape index (κ2) is 29.4. The van der Waals surface area contributed by atoms with Crippen molar-refractivity contribution < 1.29 is 62.6 Å². The zero-order valence-corrected chi connectivity index (χ0v) is 40.4. The van der Waals surface area contributed by atoms with E-state index in [-0.39, 0.29) is 106 Å². The van der Waals surface area contributed by atoms with E-state index in [1.165, 1.54) is 11.8 Å². The normalized spacial score (nSPS) is 18.0. The van der Waals surface area contributed by atoms with Crippen molar-refractivity contribution in [3.05, 3.63) is 0 Å². The topological polar surface area (TPSA) is 302 Å². The highest BCUT2D eigenvalue weighted by molar-refractivity contribution is 5.98. The second-order valence-corrected chi connectivity index (χ2v) is 19.2. The van der Waals surface area contributed by atoms with E-state index in [2.05, 4.69) is 21.3 Å². The lowest BCUT2D eigenvalue weighted by Crippen LogP contribution is -2.45. The number of amides is 6. The monoisotopic (exact) mass is 945 g/mol. The number of carbonyl (C=O) groups is 12. The van der Waals surface area contributed by atoms with Crippen LogP contribution >= 0.6 is 0 Å². The molecule has 0 aromatic carbocycles. The molecule has 0 aromatic heterocycles. The SMILES string of the molecule is CCCCC[C@H](CC(=O)[C@@H]1CCCN1C(=O)CCC(=O)[C@H](C)NC(=O)[C@@H](CC(=O)CNC(=O)[C@@H](CC(=O)[C@H](CCC(N)=O)NC(=O)CCC(=O)[C@@H]1CCC(=O)N1)CC(C)C)CC(C)C)C(=O)O. The van der Waals surface area contributed by atoms with E-state index in [0.717, 1.165) is 12.8 Å². The number of ketones is 5. The molecule has 0 saturated carbocycles. The van der Waals surface area contributed by atoms with Crippen molar-refractivity contribution in [1.82, 2.24) is 26.2 Å². The second-order valence-electron chi connectivity index (χ2n) is 19.2. The summed E-state index contributed by atoms with van der Waals surface area (Å²) in [5.41, 5.74) is 5.32. The van der Waals surface area contributed by atoms with Crippen molar-refractivity contribution in [3.8, 4) is 0 Å². The Morgan fingerprint density at radius 2 is 1.39 bits per heavy atom. The summed E-state index contributed by atoms with van der Waals surface area (Å²) in [5, 5.41) is 20.0. The summed E-state index contributed by atoms with van der Waals surface area (Å²) in [4.78, 5) is 155. The van der Waals surface area contributed by atoms with Gasteiger partial charge in [0.25, 0.3) is 0 Å². The summed E-state index contributed by atoms with van der Waals surface area (Å²) in [7, 11) is 0. The minimum Gasteiger partial charge on any atom is -0.481 e. The molecule has 0 spiro atoms. The molecule has 376 valence electrons. The maximum absolute atomic E-state index is 13.6. The zero-order valence-electron chi connectivity index (χ0n) is 40.4. The fourth-order valence-electron chi connectivity index (χ4n) is 8.63. The molecule has 2 fully saturated rings. The van der Waals surface area contributed by atoms with Gasteiger partial charge in [-0.05, 0) is 63.7 Å². The number of nitrogens with zero attached hydrogens (tertiary/aromatic N) is 1. The Hall–Kier alpha value is -5.36. The molecule has 0 bridgehead atoms. The lowest BCUT2D eigenvalue weighted by molar-refractivity contribution is -0.145. The van der Waals surface area contributed by atoms with E-state index in [4.69, 9.17) is 5.73 Å². The Bertz CT molecular complexity index is 1800. The molecule has 2 rings (SSSR count). The Morgan fingerprint density at radius 1 is 0.731 bits per heavy atom. The van der Waals surface area contributed by atoms with Gasteiger partial charge in [-0.2, -0.15) is 0 Å². The van der Waals surface area contributed by atoms with Crippen LogP contribution < -0.4 is 27.0 Å². The molecule has 2 heterocycles. The van der Waals surface area contributed by atoms with Gasteiger partial charge in [0.2, 0.25) is 35.4 Å². The molecule has 2 aliphatic rings. The van der Waals surface area contributed by atoms with Crippen LogP contribution in [0.1, 0.15) is 164 Å². The third-order valence-electron chi connectivity index (χ3n) is 12.3. The number of hydrogen-bond acceptors (Lipinski definition) is 12. The van der Waals surface area contributed by atoms with Crippen LogP contribution in [0, 0.1) is 29.6 Å². The van der Waals surface area contributed by atoms with Crippen LogP contribution in [0.3, 0.4) is 0 Å². The maximum atomic E-state index is 13.6. The van der Waals surface area contributed by atoms with Crippen LogP contribution in [0.25, 0.3) is 0 Å². The minimum atomic E-state index is -1.19. The van der Waals surface area contributed by atoms with Crippen molar-refractivity contribution in [3.63, 3.8) is 0 Å². The van der Waals surface area contributed by atoms with E-state index in [1.54, 1.807) is 0 Å². The molecule has 2 aliphatic heterocycles. The van der Waals surface area contributed by atoms with E-state index in [9.17, 15) is 62.6 Å². The van der Waals surface area contributed by atoms with Crippen LogP contribution in [0.15, 0.2) is 0 Å². The molecule has 0 aromatic rings. The van der Waals surface area contributed by atoms with E-state index < -0.39 is 101 Å². The number of likely N-dealkylation sites (tertiary alicyclic amines) is 1. The van der Waals surface area contributed by atoms with E-state index in [1.807, 2.05) is 34.6 Å². The van der Waals surface area contributed by atoms with Gasteiger partial charge in [0.1, 0.15) is 0 Å². The van der Waals surface area contributed by atoms with Crippen LogP contribution in [0.4, 0.5) is 0 Å². The molecular weight excluding hydrogens is 869 g/mol. The molecular formula is C48H76N6O13. The van der Waals surface area contributed by atoms with E-state index >= 15 is 0 Å². The number of carbonyl (C=O) groups excluding carboxylic acids is 11. The smallest absolute Gasteiger partial charge is 0.306 e. The Kier molecular flexibility index (Phi) is 25.4. The summed E-state index contributed by atoms with van der Waals surface area (Å²) in [5.74, 6) is -8.96. The van der Waals surface area contributed by atoms with E-state index in [0.29, 0.717) is 38.6 Å². The van der Waals surface area contributed by atoms with Gasteiger partial charge in [-0.15, -0.1) is 0 Å². The highest BCUT2D eigenvalue weighted by Crippen LogP contribution is 2.25. The Balaban J connectivity index is 1.98. The van der Waals surface area contributed by atoms with Crippen molar-refractivity contribution in [2.24, 2.45) is 35.3 Å². The number of nitrogens with two attached hydrogens (primary N) is 1. The van der Waals surface area contributed by atoms with Crippen molar-refractivity contribution in [2.75, 3.05) is 13.1 Å².